The van der Waals surface area contributed by atoms with Crippen molar-refractivity contribution in [2.45, 2.75) is 43.4 Å². The van der Waals surface area contributed by atoms with Crippen molar-refractivity contribution < 1.29 is 28.6 Å². The van der Waals surface area contributed by atoms with Gasteiger partial charge >= 0.3 is 0 Å². The molecule has 4 bridgehead atoms. The number of carbonyl (C=O) groups excluding carboxylic acids is 3. The molecule has 10 heteroatoms. The number of nitrogens with one attached hydrogen (secondary N) is 1. The molecule has 4 aliphatic carbocycles. The summed E-state index contributed by atoms with van der Waals surface area (Å²) in [7, 11) is 4.54. The van der Waals surface area contributed by atoms with Gasteiger partial charge in [0.25, 0.3) is 11.1 Å². The van der Waals surface area contributed by atoms with E-state index in [1.807, 2.05) is 0 Å². The van der Waals surface area contributed by atoms with Crippen LogP contribution in [-0.2, 0) is 9.59 Å². The second kappa shape index (κ2) is 9.49. The Kier molecular flexibility index (Phi) is 6.66. The van der Waals surface area contributed by atoms with E-state index < -0.39 is 5.41 Å². The number of thioether (sulfide) groups is 1. The molecule has 5 fully saturated rings. The molecule has 1 N–H and O–H groups in total. The highest BCUT2D eigenvalue weighted by Crippen LogP contribution is 2.63. The lowest BCUT2D eigenvalue weighted by atomic mass is 9.49. The van der Waals surface area contributed by atoms with Crippen LogP contribution in [0.25, 0.3) is 6.08 Å². The summed E-state index contributed by atoms with van der Waals surface area (Å²) < 4.78 is 16.1. The Labute approximate surface area is 220 Å². The number of nitrogens with zero attached hydrogens (tertiary/aromatic N) is 1. The van der Waals surface area contributed by atoms with E-state index in [4.69, 9.17) is 25.8 Å². The number of hydrogen-bond acceptors (Lipinski definition) is 7. The van der Waals surface area contributed by atoms with Crippen LogP contribution >= 0.6 is 23.4 Å². The molecular weight excluding hydrogens is 504 g/mol. The molecule has 0 spiro atoms. The molecule has 1 aromatic rings. The number of ether oxygens (including phenoxy) is 3. The molecule has 8 nitrogen and oxygen atoms in total. The van der Waals surface area contributed by atoms with Crippen molar-refractivity contribution >= 4 is 46.5 Å². The minimum Gasteiger partial charge on any atom is -0.493 e. The number of carbonyl (C=O) groups is 3. The summed E-state index contributed by atoms with van der Waals surface area (Å²) in [6.07, 6.45) is 7.33. The average molecular weight is 535 g/mol. The van der Waals surface area contributed by atoms with Gasteiger partial charge in [-0.25, -0.2) is 0 Å². The maximum absolute atomic E-state index is 13.2. The molecule has 4 saturated carbocycles. The number of amides is 3. The second-order valence-corrected chi connectivity index (χ2v) is 12.2. The molecule has 1 aromatic carbocycles. The predicted octanol–water partition coefficient (Wildman–Crippen LogP) is 4.44. The molecule has 36 heavy (non-hydrogen) atoms. The van der Waals surface area contributed by atoms with Crippen molar-refractivity contribution in [3.8, 4) is 17.2 Å². The SMILES string of the molecule is COc1cc(C=C2SC(=O)N(CCNC(=O)C34CC5CC(CC(Cl)(C5)C3)C4)C2=O)cc(OC)c1OC. The normalized spacial score (nSPS) is 31.8. The molecule has 1 aliphatic heterocycles. The van der Waals surface area contributed by atoms with Crippen LogP contribution in [-0.4, -0.2) is 61.2 Å². The van der Waals surface area contributed by atoms with Crippen molar-refractivity contribution in [2.24, 2.45) is 17.3 Å². The summed E-state index contributed by atoms with van der Waals surface area (Å²) in [5.74, 6) is 2.03. The maximum atomic E-state index is 13.2. The maximum Gasteiger partial charge on any atom is 0.293 e. The Hall–Kier alpha value is -2.39. The van der Waals surface area contributed by atoms with Crippen molar-refractivity contribution in [3.63, 3.8) is 0 Å². The minimum absolute atomic E-state index is 0.0153. The Balaban J connectivity index is 1.23. The zero-order valence-corrected chi connectivity index (χ0v) is 22.3. The number of halogens is 1. The number of benzene rings is 1. The smallest absolute Gasteiger partial charge is 0.293 e. The van der Waals surface area contributed by atoms with Gasteiger partial charge in [-0.2, -0.15) is 0 Å². The van der Waals surface area contributed by atoms with Gasteiger partial charge in [0.15, 0.2) is 11.5 Å². The van der Waals surface area contributed by atoms with Crippen LogP contribution in [0.5, 0.6) is 17.2 Å². The van der Waals surface area contributed by atoms with Crippen molar-refractivity contribution in [2.75, 3.05) is 34.4 Å². The molecule has 0 radical (unpaired) electrons. The number of methoxy groups -OCH3 is 3. The molecule has 194 valence electrons. The van der Waals surface area contributed by atoms with Gasteiger partial charge in [0.1, 0.15) is 0 Å². The highest BCUT2D eigenvalue weighted by Gasteiger charge is 2.60. The summed E-state index contributed by atoms with van der Waals surface area (Å²) in [4.78, 5) is 40.1. The Bertz CT molecular complexity index is 1100. The molecule has 2 atom stereocenters. The second-order valence-electron chi connectivity index (χ2n) is 10.4. The molecule has 1 heterocycles. The molecular formula is C26H31ClN2O6S. The molecule has 1 saturated heterocycles. The fraction of sp³-hybridized carbons (Fsp3) is 0.577. The monoisotopic (exact) mass is 534 g/mol. The largest absolute Gasteiger partial charge is 0.493 e. The Morgan fingerprint density at radius 2 is 1.75 bits per heavy atom. The molecule has 3 amide bonds. The number of imide groups is 1. The van der Waals surface area contributed by atoms with E-state index in [2.05, 4.69) is 5.32 Å². The van der Waals surface area contributed by atoms with E-state index in [0.717, 1.165) is 43.9 Å². The quantitative estimate of drug-likeness (QED) is 0.389. The van der Waals surface area contributed by atoms with Crippen molar-refractivity contribution in [1.82, 2.24) is 10.2 Å². The van der Waals surface area contributed by atoms with Crippen LogP contribution in [0.3, 0.4) is 0 Å². The van der Waals surface area contributed by atoms with Crippen LogP contribution in [0.15, 0.2) is 17.0 Å². The molecule has 2 unspecified atom stereocenters. The first-order valence-electron chi connectivity index (χ1n) is 12.2. The Morgan fingerprint density at radius 3 is 2.31 bits per heavy atom. The summed E-state index contributed by atoms with van der Waals surface area (Å²) in [6.45, 7) is 0.346. The van der Waals surface area contributed by atoms with E-state index >= 15 is 0 Å². The molecule has 6 rings (SSSR count). The van der Waals surface area contributed by atoms with Crippen molar-refractivity contribution in [3.05, 3.63) is 22.6 Å². The first-order chi connectivity index (χ1) is 17.2. The lowest BCUT2D eigenvalue weighted by Gasteiger charge is -2.59. The van der Waals surface area contributed by atoms with Gasteiger partial charge in [0.2, 0.25) is 11.7 Å². The van der Waals surface area contributed by atoms with Gasteiger partial charge in [0, 0.05) is 18.0 Å². The first kappa shape index (κ1) is 25.3. The highest BCUT2D eigenvalue weighted by atomic mass is 35.5. The Morgan fingerprint density at radius 1 is 1.11 bits per heavy atom. The van der Waals surface area contributed by atoms with Gasteiger partial charge in [-0.05, 0) is 85.9 Å². The third-order valence-corrected chi connectivity index (χ3v) is 9.30. The lowest BCUT2D eigenvalue weighted by molar-refractivity contribution is -0.144. The molecule has 5 aliphatic rings. The third-order valence-electron chi connectivity index (χ3n) is 7.95. The van der Waals surface area contributed by atoms with Crippen molar-refractivity contribution in [1.29, 1.82) is 0 Å². The van der Waals surface area contributed by atoms with Crippen LogP contribution in [0, 0.1) is 17.3 Å². The zero-order chi connectivity index (χ0) is 25.7. The summed E-state index contributed by atoms with van der Waals surface area (Å²) in [5.41, 5.74) is 0.233. The summed E-state index contributed by atoms with van der Waals surface area (Å²) in [6, 6.07) is 3.43. The molecule has 0 aromatic heterocycles. The van der Waals surface area contributed by atoms with Gasteiger partial charge in [-0.15, -0.1) is 11.6 Å². The lowest BCUT2D eigenvalue weighted by Crippen LogP contribution is -2.58. The van der Waals surface area contributed by atoms with Crippen LogP contribution in [0.1, 0.15) is 44.1 Å². The topological polar surface area (TPSA) is 94.2 Å². The number of alkyl halides is 1. The fourth-order valence-corrected chi connectivity index (χ4v) is 8.47. The fourth-order valence-electron chi connectivity index (χ4n) is 6.91. The van der Waals surface area contributed by atoms with Gasteiger partial charge in [0.05, 0.1) is 31.6 Å². The number of rotatable bonds is 8. The van der Waals surface area contributed by atoms with Gasteiger partial charge in [-0.1, -0.05) is 0 Å². The van der Waals surface area contributed by atoms with Gasteiger partial charge in [-0.3, -0.25) is 19.3 Å². The standard InChI is InChI=1S/C26H31ClN2O6S/c1-33-18-7-15(8-19(34-2)21(18)35-3)9-20-22(30)29(24(32)36-20)5-4-28-23(31)25-10-16-6-17(11-25)13-26(27,12-16)14-25/h7-9,16-17H,4-6,10-14H2,1-3H3,(H,28,31). The summed E-state index contributed by atoms with van der Waals surface area (Å²) in [5, 5.41) is 2.65. The predicted molar refractivity (Wildman–Crippen MR) is 137 cm³/mol. The van der Waals surface area contributed by atoms with E-state index in [-0.39, 0.29) is 35.0 Å². The van der Waals surface area contributed by atoms with Crippen LogP contribution < -0.4 is 19.5 Å². The van der Waals surface area contributed by atoms with E-state index in [1.165, 1.54) is 32.7 Å². The zero-order valence-electron chi connectivity index (χ0n) is 20.7. The number of hydrogen-bond donors (Lipinski definition) is 1. The van der Waals surface area contributed by atoms with Gasteiger partial charge < -0.3 is 19.5 Å². The van der Waals surface area contributed by atoms with Crippen LogP contribution in [0.4, 0.5) is 4.79 Å². The highest BCUT2D eigenvalue weighted by molar-refractivity contribution is 8.18. The van der Waals surface area contributed by atoms with E-state index in [0.29, 0.717) is 39.6 Å². The van der Waals surface area contributed by atoms with E-state index in [1.54, 1.807) is 18.2 Å². The average Bonchev–Trinajstić information content (AvgIpc) is 3.08. The first-order valence-corrected chi connectivity index (χ1v) is 13.4. The third kappa shape index (κ3) is 4.45. The van der Waals surface area contributed by atoms with E-state index in [9.17, 15) is 14.4 Å². The summed E-state index contributed by atoms with van der Waals surface area (Å²) >= 11 is 7.74. The minimum atomic E-state index is -0.406. The van der Waals surface area contributed by atoms with Crippen LogP contribution in [0.2, 0.25) is 0 Å².